The summed E-state index contributed by atoms with van der Waals surface area (Å²) in [6.07, 6.45) is 6.95. The number of esters is 1. The number of carbonyl (C=O) groups excluding carboxylic acids is 3. The van der Waals surface area contributed by atoms with Crippen molar-refractivity contribution in [3.8, 4) is 11.1 Å². The molecule has 2 N–H and O–H groups in total. The van der Waals surface area contributed by atoms with Crippen molar-refractivity contribution in [2.45, 2.75) is 65.6 Å². The number of amides is 2. The normalized spacial score (nSPS) is 13.6. The Labute approximate surface area is 197 Å². The topological polar surface area (TPSA) is 115 Å². The monoisotopic (exact) mass is 463 g/mol. The number of benzene rings is 1. The van der Waals surface area contributed by atoms with Gasteiger partial charge in [-0.3, -0.25) is 9.59 Å². The summed E-state index contributed by atoms with van der Waals surface area (Å²) in [7, 11) is 0. The average molecular weight is 464 g/mol. The lowest BCUT2D eigenvalue weighted by molar-refractivity contribution is -0.155. The van der Waals surface area contributed by atoms with E-state index in [9.17, 15) is 14.4 Å². The lowest BCUT2D eigenvalue weighted by atomic mass is 10.0. The van der Waals surface area contributed by atoms with E-state index in [1.807, 2.05) is 6.07 Å². The zero-order valence-electron chi connectivity index (χ0n) is 20.1. The minimum Gasteiger partial charge on any atom is -0.459 e. The number of nitrogens with one attached hydrogen (secondary N) is 2. The number of nitrogens with zero attached hydrogens (tertiary/aromatic N) is 3. The second kappa shape index (κ2) is 8.89. The summed E-state index contributed by atoms with van der Waals surface area (Å²) >= 11 is 0. The molecule has 3 aromatic rings. The molecule has 0 bridgehead atoms. The van der Waals surface area contributed by atoms with Gasteiger partial charge in [-0.05, 0) is 59.6 Å². The minimum atomic E-state index is -0.625. The lowest BCUT2D eigenvalue weighted by Crippen LogP contribution is -2.30. The van der Waals surface area contributed by atoms with Gasteiger partial charge in [0.1, 0.15) is 18.0 Å². The molecule has 9 nitrogen and oxygen atoms in total. The highest BCUT2D eigenvalue weighted by Crippen LogP contribution is 2.35. The van der Waals surface area contributed by atoms with Gasteiger partial charge in [-0.2, -0.15) is 0 Å². The minimum absolute atomic E-state index is 0.0557. The van der Waals surface area contributed by atoms with Crippen LogP contribution in [0.5, 0.6) is 0 Å². The molecular weight excluding hydrogens is 434 g/mol. The predicted molar refractivity (Wildman–Crippen MR) is 129 cm³/mol. The maximum Gasteiger partial charge on any atom is 0.326 e. The van der Waals surface area contributed by atoms with Gasteiger partial charge in [-0.1, -0.05) is 0 Å². The van der Waals surface area contributed by atoms with Crippen molar-refractivity contribution < 1.29 is 19.1 Å². The standard InChI is InChI=1S/C25H29N5O4/c1-14(31)20-12-30(13-23(32)34-25(3,4)5)22-9-18(16-10-26-15(2)27-11-16)21(8-19(20)22)29-24(33)28-17-6-7-17/h8-12,17H,6-7,13H2,1-5H3,(H2,28,29,33). The van der Waals surface area contributed by atoms with Crippen LogP contribution in [0.25, 0.3) is 22.0 Å². The number of aryl methyl sites for hydroxylation is 1. The Morgan fingerprint density at radius 1 is 1.15 bits per heavy atom. The van der Waals surface area contributed by atoms with Crippen molar-refractivity contribution in [3.05, 3.63) is 42.1 Å². The molecule has 0 saturated heterocycles. The average Bonchev–Trinajstić information content (AvgIpc) is 3.47. The molecule has 0 spiro atoms. The van der Waals surface area contributed by atoms with Crippen LogP contribution in [0.1, 0.15) is 56.7 Å². The molecule has 0 aliphatic heterocycles. The fraction of sp³-hybridized carbons (Fsp3) is 0.400. The Bertz CT molecular complexity index is 1270. The third-order valence-corrected chi connectivity index (χ3v) is 5.37. The first-order valence-corrected chi connectivity index (χ1v) is 11.3. The summed E-state index contributed by atoms with van der Waals surface area (Å²) in [6, 6.07) is 3.48. The van der Waals surface area contributed by atoms with Crippen LogP contribution < -0.4 is 10.6 Å². The van der Waals surface area contributed by atoms with Crippen LogP contribution in [0.2, 0.25) is 0 Å². The zero-order chi connectivity index (χ0) is 24.6. The predicted octanol–water partition coefficient (Wildman–Crippen LogP) is 4.23. The molecule has 2 heterocycles. The summed E-state index contributed by atoms with van der Waals surface area (Å²) in [6.45, 7) is 8.63. The molecule has 9 heteroatoms. The summed E-state index contributed by atoms with van der Waals surface area (Å²) in [5.41, 5.74) is 2.40. The Kier molecular flexibility index (Phi) is 6.12. The summed E-state index contributed by atoms with van der Waals surface area (Å²) < 4.78 is 7.18. The summed E-state index contributed by atoms with van der Waals surface area (Å²) in [5.74, 6) is 0.0662. The van der Waals surface area contributed by atoms with Gasteiger partial charge < -0.3 is 19.9 Å². The molecule has 178 valence electrons. The quantitative estimate of drug-likeness (QED) is 0.417. The summed E-state index contributed by atoms with van der Waals surface area (Å²) in [4.78, 5) is 46.1. The van der Waals surface area contributed by atoms with Gasteiger partial charge in [0.15, 0.2) is 5.78 Å². The second-order valence-corrected chi connectivity index (χ2v) is 9.62. The fourth-order valence-corrected chi connectivity index (χ4v) is 3.71. The molecular formula is C25H29N5O4. The van der Waals surface area contributed by atoms with Gasteiger partial charge in [0.2, 0.25) is 0 Å². The molecule has 2 aromatic heterocycles. The van der Waals surface area contributed by atoms with Crippen LogP contribution in [0.15, 0.2) is 30.7 Å². The van der Waals surface area contributed by atoms with Crippen molar-refractivity contribution in [1.82, 2.24) is 19.9 Å². The van der Waals surface area contributed by atoms with E-state index in [2.05, 4.69) is 20.6 Å². The molecule has 1 aliphatic rings. The SMILES string of the molecule is CC(=O)c1cn(CC(=O)OC(C)(C)C)c2cc(-c3cnc(C)nc3)c(NC(=O)NC3CC3)cc12. The number of urea groups is 1. The highest BCUT2D eigenvalue weighted by molar-refractivity contribution is 6.10. The van der Waals surface area contributed by atoms with Gasteiger partial charge in [0.25, 0.3) is 0 Å². The first-order valence-electron chi connectivity index (χ1n) is 11.3. The first kappa shape index (κ1) is 23.4. The van der Waals surface area contributed by atoms with E-state index < -0.39 is 11.6 Å². The third-order valence-electron chi connectivity index (χ3n) is 5.37. The first-order chi connectivity index (χ1) is 16.0. The number of hydrogen-bond donors (Lipinski definition) is 2. The molecule has 2 amide bonds. The van der Waals surface area contributed by atoms with Gasteiger partial charge in [-0.15, -0.1) is 0 Å². The number of ketones is 1. The maximum absolute atomic E-state index is 12.6. The van der Waals surface area contributed by atoms with E-state index in [4.69, 9.17) is 4.74 Å². The second-order valence-electron chi connectivity index (χ2n) is 9.62. The smallest absolute Gasteiger partial charge is 0.326 e. The highest BCUT2D eigenvalue weighted by Gasteiger charge is 2.25. The van der Waals surface area contributed by atoms with Crippen molar-refractivity contribution in [3.63, 3.8) is 0 Å². The number of fused-ring (bicyclic) bond motifs is 1. The number of anilines is 1. The molecule has 4 rings (SSSR count). The van der Waals surface area contributed by atoms with Crippen LogP contribution >= 0.6 is 0 Å². The number of rotatable bonds is 6. The van der Waals surface area contributed by atoms with Crippen molar-refractivity contribution in [2.24, 2.45) is 0 Å². The number of hydrogen-bond acceptors (Lipinski definition) is 6. The van der Waals surface area contributed by atoms with Crippen LogP contribution in [-0.4, -0.2) is 44.0 Å². The van der Waals surface area contributed by atoms with Crippen LogP contribution in [0.4, 0.5) is 10.5 Å². The van der Waals surface area contributed by atoms with Gasteiger partial charge >= 0.3 is 12.0 Å². The van der Waals surface area contributed by atoms with Crippen LogP contribution in [-0.2, 0) is 16.1 Å². The molecule has 1 aliphatic carbocycles. The molecule has 1 aromatic carbocycles. The Morgan fingerprint density at radius 2 is 1.82 bits per heavy atom. The van der Waals surface area contributed by atoms with Crippen molar-refractivity contribution in [1.29, 1.82) is 0 Å². The van der Waals surface area contributed by atoms with Crippen molar-refractivity contribution >= 4 is 34.4 Å². The maximum atomic E-state index is 12.6. The van der Waals surface area contributed by atoms with E-state index in [1.54, 1.807) is 56.9 Å². The van der Waals surface area contributed by atoms with E-state index >= 15 is 0 Å². The molecule has 0 unspecified atom stereocenters. The van der Waals surface area contributed by atoms with E-state index in [1.165, 1.54) is 6.92 Å². The Balaban J connectivity index is 1.82. The molecule has 0 radical (unpaired) electrons. The Hall–Kier alpha value is -3.75. The molecule has 0 atom stereocenters. The molecule has 1 fully saturated rings. The number of ether oxygens (including phenoxy) is 1. The van der Waals surface area contributed by atoms with Crippen LogP contribution in [0.3, 0.4) is 0 Å². The highest BCUT2D eigenvalue weighted by atomic mass is 16.6. The largest absolute Gasteiger partial charge is 0.459 e. The van der Waals surface area contributed by atoms with E-state index in [0.717, 1.165) is 12.8 Å². The molecule has 1 saturated carbocycles. The van der Waals surface area contributed by atoms with E-state index in [0.29, 0.717) is 39.1 Å². The van der Waals surface area contributed by atoms with Gasteiger partial charge in [-0.25, -0.2) is 14.8 Å². The summed E-state index contributed by atoms with van der Waals surface area (Å²) in [5, 5.41) is 6.46. The van der Waals surface area contributed by atoms with Crippen molar-refractivity contribution in [2.75, 3.05) is 5.32 Å². The zero-order valence-corrected chi connectivity index (χ0v) is 20.1. The Morgan fingerprint density at radius 3 is 2.41 bits per heavy atom. The third kappa shape index (κ3) is 5.41. The number of carbonyl (C=O) groups is 3. The number of Topliss-reactive ketones (excluding diaryl/α,β-unsaturated/α-hetero) is 1. The van der Waals surface area contributed by atoms with Crippen LogP contribution in [0, 0.1) is 6.92 Å². The lowest BCUT2D eigenvalue weighted by Gasteiger charge is -2.20. The van der Waals surface area contributed by atoms with Gasteiger partial charge in [0.05, 0.1) is 11.2 Å². The fourth-order valence-electron chi connectivity index (χ4n) is 3.71. The molecule has 34 heavy (non-hydrogen) atoms. The number of aromatic nitrogens is 3. The van der Waals surface area contributed by atoms with Gasteiger partial charge in [0, 0.05) is 46.7 Å². The van der Waals surface area contributed by atoms with E-state index in [-0.39, 0.29) is 24.4 Å².